The lowest BCUT2D eigenvalue weighted by molar-refractivity contribution is -0.0175. The van der Waals surface area contributed by atoms with E-state index in [1.54, 1.807) is 0 Å². The third-order valence-electron chi connectivity index (χ3n) is 3.01. The van der Waals surface area contributed by atoms with Crippen LogP contribution in [0.5, 0.6) is 0 Å². The summed E-state index contributed by atoms with van der Waals surface area (Å²) in [7, 11) is 0. The molecule has 0 spiro atoms. The van der Waals surface area contributed by atoms with Crippen LogP contribution in [0.3, 0.4) is 0 Å². The molecule has 2 N–H and O–H groups in total. The van der Waals surface area contributed by atoms with E-state index >= 15 is 0 Å². The van der Waals surface area contributed by atoms with Gasteiger partial charge in [0.1, 0.15) is 0 Å². The van der Waals surface area contributed by atoms with Crippen molar-refractivity contribution in [3.8, 4) is 0 Å². The Morgan fingerprint density at radius 1 is 1.60 bits per heavy atom. The zero-order valence-corrected chi connectivity index (χ0v) is 10.1. The zero-order valence-electron chi connectivity index (χ0n) is 10.1. The average molecular weight is 216 g/mol. The van der Waals surface area contributed by atoms with Crippen molar-refractivity contribution in [1.29, 1.82) is 0 Å². The van der Waals surface area contributed by atoms with Gasteiger partial charge >= 0.3 is 0 Å². The summed E-state index contributed by atoms with van der Waals surface area (Å²) in [6, 6.07) is 0.447. The maximum atomic E-state index is 9.41. The molecule has 1 aliphatic heterocycles. The molecule has 2 unspecified atom stereocenters. The fraction of sp³-hybridized carbons (Fsp3) is 1.00. The monoisotopic (exact) mass is 216 g/mol. The highest BCUT2D eigenvalue weighted by Gasteiger charge is 2.29. The van der Waals surface area contributed by atoms with Crippen molar-refractivity contribution in [3.05, 3.63) is 0 Å². The number of likely N-dealkylation sites (N-methyl/N-ethyl adjacent to an activating group) is 1. The predicted molar refractivity (Wildman–Crippen MR) is 61.0 cm³/mol. The smallest absolute Gasteiger partial charge is 0.0623 e. The van der Waals surface area contributed by atoms with Crippen LogP contribution in [0, 0.1) is 0 Å². The van der Waals surface area contributed by atoms with Crippen LogP contribution in [0.25, 0.3) is 0 Å². The van der Waals surface area contributed by atoms with Crippen LogP contribution in [-0.4, -0.2) is 61.0 Å². The Morgan fingerprint density at radius 2 is 2.33 bits per heavy atom. The van der Waals surface area contributed by atoms with Crippen LogP contribution >= 0.6 is 0 Å². The number of aliphatic hydroxyl groups excluding tert-OH is 1. The van der Waals surface area contributed by atoms with E-state index < -0.39 is 0 Å². The van der Waals surface area contributed by atoms with E-state index in [2.05, 4.69) is 31.0 Å². The van der Waals surface area contributed by atoms with E-state index in [1.165, 1.54) is 0 Å². The third-order valence-corrected chi connectivity index (χ3v) is 3.01. The summed E-state index contributed by atoms with van der Waals surface area (Å²) in [5, 5.41) is 12.8. The van der Waals surface area contributed by atoms with Gasteiger partial charge in [-0.1, -0.05) is 6.92 Å². The maximum Gasteiger partial charge on any atom is 0.0623 e. The third kappa shape index (κ3) is 3.72. The molecule has 4 nitrogen and oxygen atoms in total. The Balaban J connectivity index is 2.49. The normalized spacial score (nSPS) is 27.6. The summed E-state index contributed by atoms with van der Waals surface area (Å²) in [4.78, 5) is 2.38. The van der Waals surface area contributed by atoms with Crippen LogP contribution in [-0.2, 0) is 4.74 Å². The Kier molecular flexibility index (Phi) is 4.99. The lowest BCUT2D eigenvalue weighted by Crippen LogP contribution is -2.57. The van der Waals surface area contributed by atoms with E-state index in [4.69, 9.17) is 4.74 Å². The van der Waals surface area contributed by atoms with Crippen molar-refractivity contribution in [1.82, 2.24) is 10.2 Å². The van der Waals surface area contributed by atoms with Crippen LogP contribution in [0.15, 0.2) is 0 Å². The van der Waals surface area contributed by atoms with Crippen LogP contribution in [0.2, 0.25) is 0 Å². The second-order valence-electron chi connectivity index (χ2n) is 4.64. The minimum absolute atomic E-state index is 0.172. The molecule has 1 heterocycles. The number of rotatable bonds is 5. The average Bonchev–Trinajstić information content (AvgIpc) is 2.22. The molecular formula is C11H24N2O2. The molecule has 1 rings (SSSR count). The molecular weight excluding hydrogens is 192 g/mol. The minimum atomic E-state index is -0.194. The van der Waals surface area contributed by atoms with Crippen LogP contribution in [0.4, 0.5) is 0 Å². The van der Waals surface area contributed by atoms with Gasteiger partial charge in [0.25, 0.3) is 0 Å². The van der Waals surface area contributed by atoms with Crippen molar-refractivity contribution in [2.45, 2.75) is 32.4 Å². The van der Waals surface area contributed by atoms with Gasteiger partial charge < -0.3 is 15.2 Å². The molecule has 1 fully saturated rings. The van der Waals surface area contributed by atoms with Gasteiger partial charge in [-0.3, -0.25) is 4.90 Å². The number of hydrogen-bond acceptors (Lipinski definition) is 4. The molecule has 1 saturated heterocycles. The van der Waals surface area contributed by atoms with Gasteiger partial charge in [-0.25, -0.2) is 0 Å². The first-order valence-corrected chi connectivity index (χ1v) is 5.79. The van der Waals surface area contributed by atoms with Crippen molar-refractivity contribution in [2.75, 3.05) is 39.5 Å². The van der Waals surface area contributed by atoms with Crippen LogP contribution < -0.4 is 5.32 Å². The molecule has 0 aromatic rings. The van der Waals surface area contributed by atoms with E-state index in [9.17, 15) is 5.11 Å². The summed E-state index contributed by atoms with van der Waals surface area (Å²) < 4.78 is 5.40. The highest BCUT2D eigenvalue weighted by atomic mass is 16.5. The van der Waals surface area contributed by atoms with E-state index in [-0.39, 0.29) is 12.1 Å². The van der Waals surface area contributed by atoms with E-state index in [1.807, 2.05) is 0 Å². The fourth-order valence-electron chi connectivity index (χ4n) is 2.03. The molecule has 0 aliphatic carbocycles. The SMILES string of the molecule is CCNC(C)(CO)CN1CCOCC1C. The lowest BCUT2D eigenvalue weighted by Gasteiger charge is -2.40. The van der Waals surface area contributed by atoms with Gasteiger partial charge in [0.2, 0.25) is 0 Å². The van der Waals surface area contributed by atoms with E-state index in [0.29, 0.717) is 6.04 Å². The number of aliphatic hydroxyl groups is 1. The second kappa shape index (κ2) is 5.80. The van der Waals surface area contributed by atoms with Gasteiger partial charge in [0.05, 0.1) is 25.4 Å². The van der Waals surface area contributed by atoms with Gasteiger partial charge in [-0.2, -0.15) is 0 Å². The van der Waals surface area contributed by atoms with Crippen molar-refractivity contribution >= 4 is 0 Å². The molecule has 15 heavy (non-hydrogen) atoms. The molecule has 1 aliphatic rings. The molecule has 0 bridgehead atoms. The van der Waals surface area contributed by atoms with Crippen LogP contribution in [0.1, 0.15) is 20.8 Å². The van der Waals surface area contributed by atoms with E-state index in [0.717, 1.165) is 32.8 Å². The minimum Gasteiger partial charge on any atom is -0.394 e. The molecule has 2 atom stereocenters. The molecule has 0 radical (unpaired) electrons. The number of ether oxygens (including phenoxy) is 1. The maximum absolute atomic E-state index is 9.41. The zero-order chi connectivity index (χ0) is 11.3. The first kappa shape index (κ1) is 12.9. The molecule has 0 amide bonds. The van der Waals surface area contributed by atoms with Gasteiger partial charge in [-0.05, 0) is 20.4 Å². The molecule has 4 heteroatoms. The molecule has 0 saturated carbocycles. The summed E-state index contributed by atoms with van der Waals surface area (Å²) in [6.45, 7) is 10.8. The number of hydrogen-bond donors (Lipinski definition) is 2. The molecule has 90 valence electrons. The standard InChI is InChI=1S/C11H24N2O2/c1-4-12-11(3,9-14)8-13-5-6-15-7-10(13)2/h10,12,14H,4-9H2,1-3H3. The van der Waals surface area contributed by atoms with Crippen molar-refractivity contribution in [2.24, 2.45) is 0 Å². The Bertz CT molecular complexity index is 189. The predicted octanol–water partition coefficient (Wildman–Crippen LogP) is 0.0676. The molecule has 0 aromatic heterocycles. The Labute approximate surface area is 92.6 Å². The van der Waals surface area contributed by atoms with Gasteiger partial charge in [0.15, 0.2) is 0 Å². The second-order valence-corrected chi connectivity index (χ2v) is 4.64. The summed E-state index contributed by atoms with van der Waals surface area (Å²) >= 11 is 0. The number of nitrogens with one attached hydrogen (secondary N) is 1. The van der Waals surface area contributed by atoms with Crippen molar-refractivity contribution in [3.63, 3.8) is 0 Å². The van der Waals surface area contributed by atoms with Gasteiger partial charge in [0, 0.05) is 19.1 Å². The fourth-order valence-corrected chi connectivity index (χ4v) is 2.03. The summed E-state index contributed by atoms with van der Waals surface area (Å²) in [5.41, 5.74) is -0.194. The quantitative estimate of drug-likeness (QED) is 0.682. The molecule has 0 aromatic carbocycles. The summed E-state index contributed by atoms with van der Waals surface area (Å²) in [5.74, 6) is 0. The highest BCUT2D eigenvalue weighted by molar-refractivity contribution is 4.88. The summed E-state index contributed by atoms with van der Waals surface area (Å²) in [6.07, 6.45) is 0. The number of morpholine rings is 1. The number of nitrogens with zero attached hydrogens (tertiary/aromatic N) is 1. The first-order chi connectivity index (χ1) is 7.11. The topological polar surface area (TPSA) is 44.7 Å². The van der Waals surface area contributed by atoms with Crippen molar-refractivity contribution < 1.29 is 9.84 Å². The Morgan fingerprint density at radius 3 is 2.87 bits per heavy atom. The largest absolute Gasteiger partial charge is 0.394 e. The Hall–Kier alpha value is -0.160. The first-order valence-electron chi connectivity index (χ1n) is 5.79. The lowest BCUT2D eigenvalue weighted by atomic mass is 10.0. The highest BCUT2D eigenvalue weighted by Crippen LogP contribution is 2.12. The van der Waals surface area contributed by atoms with Gasteiger partial charge in [-0.15, -0.1) is 0 Å².